The second kappa shape index (κ2) is 6.22. The number of hydrogen-bond donors (Lipinski definition) is 1. The third kappa shape index (κ3) is 2.50. The molecule has 0 amide bonds. The monoisotopic (exact) mass is 349 g/mol. The first-order valence-corrected chi connectivity index (χ1v) is 8.34. The van der Waals surface area contributed by atoms with Crippen molar-refractivity contribution >= 4 is 28.2 Å². The van der Waals surface area contributed by atoms with E-state index in [4.69, 9.17) is 20.2 Å². The van der Waals surface area contributed by atoms with Gasteiger partial charge in [0.2, 0.25) is 0 Å². The first-order valence-electron chi connectivity index (χ1n) is 8.34. The summed E-state index contributed by atoms with van der Waals surface area (Å²) in [6.07, 6.45) is 2.74. The zero-order chi connectivity index (χ0) is 18.3. The Bertz CT molecular complexity index is 1100. The molecule has 2 heterocycles. The summed E-state index contributed by atoms with van der Waals surface area (Å²) in [6, 6.07) is 10.9. The summed E-state index contributed by atoms with van der Waals surface area (Å²) in [5.41, 5.74) is 8.86. The molecule has 0 aliphatic carbocycles. The molecule has 2 N–H and O–H groups in total. The minimum Gasteiger partial charge on any atom is -0.493 e. The molecule has 132 valence electrons. The fourth-order valence-electron chi connectivity index (χ4n) is 3.39. The van der Waals surface area contributed by atoms with Gasteiger partial charge in [-0.2, -0.15) is 0 Å². The van der Waals surface area contributed by atoms with Crippen LogP contribution in [0.5, 0.6) is 11.5 Å². The highest BCUT2D eigenvalue weighted by atomic mass is 16.5. The van der Waals surface area contributed by atoms with Crippen LogP contribution < -0.4 is 20.8 Å². The van der Waals surface area contributed by atoms with Crippen molar-refractivity contribution in [2.75, 3.05) is 20.0 Å². The second-order valence-electron chi connectivity index (χ2n) is 6.17. The van der Waals surface area contributed by atoms with Crippen molar-refractivity contribution in [1.82, 2.24) is 9.55 Å². The Kier molecular flexibility index (Phi) is 3.88. The van der Waals surface area contributed by atoms with Gasteiger partial charge >= 0.3 is 0 Å². The van der Waals surface area contributed by atoms with Gasteiger partial charge in [0.1, 0.15) is 5.82 Å². The lowest BCUT2D eigenvalue weighted by atomic mass is 10.1. The Balaban J connectivity index is 1.89. The van der Waals surface area contributed by atoms with Gasteiger partial charge in [-0.3, -0.25) is 9.36 Å². The number of rotatable bonds is 3. The lowest BCUT2D eigenvalue weighted by Crippen LogP contribution is -2.20. The molecule has 0 radical (unpaired) electrons. The molecule has 0 spiro atoms. The lowest BCUT2D eigenvalue weighted by Gasteiger charge is -2.11. The SMILES string of the molecule is COc1cccc(C=C2CCn3c2nc2ccc(N)cc2c3=O)c1OC. The van der Waals surface area contributed by atoms with E-state index in [9.17, 15) is 4.79 Å². The molecule has 0 atom stereocenters. The van der Waals surface area contributed by atoms with Gasteiger partial charge in [-0.15, -0.1) is 0 Å². The zero-order valence-electron chi connectivity index (χ0n) is 14.7. The lowest BCUT2D eigenvalue weighted by molar-refractivity contribution is 0.354. The van der Waals surface area contributed by atoms with Gasteiger partial charge < -0.3 is 15.2 Å². The number of anilines is 1. The van der Waals surface area contributed by atoms with Gasteiger partial charge in [-0.25, -0.2) is 4.98 Å². The van der Waals surface area contributed by atoms with Crippen LogP contribution in [0.1, 0.15) is 17.8 Å². The number of para-hydroxylation sites is 1. The van der Waals surface area contributed by atoms with Gasteiger partial charge in [0.05, 0.1) is 25.1 Å². The van der Waals surface area contributed by atoms with Crippen LogP contribution in [0.3, 0.4) is 0 Å². The number of allylic oxidation sites excluding steroid dienone is 1. The van der Waals surface area contributed by atoms with E-state index in [1.165, 1.54) is 0 Å². The highest BCUT2D eigenvalue weighted by Crippen LogP contribution is 2.35. The molecule has 0 unspecified atom stereocenters. The second-order valence-corrected chi connectivity index (χ2v) is 6.17. The van der Waals surface area contributed by atoms with Crippen molar-refractivity contribution in [3.8, 4) is 11.5 Å². The van der Waals surface area contributed by atoms with Gasteiger partial charge in [0, 0.05) is 17.8 Å². The number of aromatic nitrogens is 2. The summed E-state index contributed by atoms with van der Waals surface area (Å²) >= 11 is 0. The molecule has 4 rings (SSSR count). The molecule has 2 aromatic carbocycles. The predicted octanol–water partition coefficient (Wildman–Crippen LogP) is 2.94. The summed E-state index contributed by atoms with van der Waals surface area (Å²) in [6.45, 7) is 0.601. The minimum absolute atomic E-state index is 0.0571. The molecule has 0 fully saturated rings. The average Bonchev–Trinajstić information content (AvgIpc) is 3.05. The minimum atomic E-state index is -0.0571. The van der Waals surface area contributed by atoms with Gasteiger partial charge in [0.25, 0.3) is 5.56 Å². The van der Waals surface area contributed by atoms with Crippen molar-refractivity contribution in [2.24, 2.45) is 0 Å². The van der Waals surface area contributed by atoms with Crippen LogP contribution in [0.2, 0.25) is 0 Å². The predicted molar refractivity (Wildman–Crippen MR) is 102 cm³/mol. The Morgan fingerprint density at radius 1 is 1.19 bits per heavy atom. The van der Waals surface area contributed by atoms with E-state index >= 15 is 0 Å². The maximum Gasteiger partial charge on any atom is 0.261 e. The van der Waals surface area contributed by atoms with Crippen molar-refractivity contribution in [1.29, 1.82) is 0 Å². The number of fused-ring (bicyclic) bond motifs is 2. The van der Waals surface area contributed by atoms with Gasteiger partial charge in [-0.05, 0) is 42.3 Å². The average molecular weight is 349 g/mol. The maximum atomic E-state index is 12.8. The fourth-order valence-corrected chi connectivity index (χ4v) is 3.39. The molecule has 1 aliphatic rings. The van der Waals surface area contributed by atoms with E-state index in [2.05, 4.69) is 0 Å². The van der Waals surface area contributed by atoms with E-state index in [1.807, 2.05) is 24.3 Å². The third-order valence-corrected chi connectivity index (χ3v) is 4.63. The Morgan fingerprint density at radius 3 is 2.81 bits per heavy atom. The third-order valence-electron chi connectivity index (χ3n) is 4.63. The van der Waals surface area contributed by atoms with Crippen LogP contribution in [0.15, 0.2) is 41.2 Å². The fraction of sp³-hybridized carbons (Fsp3) is 0.200. The first-order chi connectivity index (χ1) is 12.6. The molecule has 0 saturated heterocycles. The normalized spacial score (nSPS) is 14.6. The largest absolute Gasteiger partial charge is 0.493 e. The van der Waals surface area contributed by atoms with Crippen LogP contribution in [-0.4, -0.2) is 23.8 Å². The zero-order valence-corrected chi connectivity index (χ0v) is 14.7. The molecule has 6 nitrogen and oxygen atoms in total. The Morgan fingerprint density at radius 2 is 2.04 bits per heavy atom. The Labute approximate surface area is 150 Å². The van der Waals surface area contributed by atoms with Crippen molar-refractivity contribution in [2.45, 2.75) is 13.0 Å². The first kappa shape index (κ1) is 16.2. The van der Waals surface area contributed by atoms with Crippen LogP contribution in [0.25, 0.3) is 22.6 Å². The summed E-state index contributed by atoms with van der Waals surface area (Å²) < 4.78 is 12.6. The van der Waals surface area contributed by atoms with E-state index in [0.29, 0.717) is 40.5 Å². The molecule has 1 aliphatic heterocycles. The molecular formula is C20H19N3O3. The number of nitrogen functional groups attached to an aromatic ring is 1. The molecule has 6 heteroatoms. The summed E-state index contributed by atoms with van der Waals surface area (Å²) in [7, 11) is 3.22. The molecule has 3 aromatic rings. The van der Waals surface area contributed by atoms with E-state index in [-0.39, 0.29) is 5.56 Å². The van der Waals surface area contributed by atoms with Crippen molar-refractivity contribution < 1.29 is 9.47 Å². The highest BCUT2D eigenvalue weighted by Gasteiger charge is 2.21. The summed E-state index contributed by atoms with van der Waals surface area (Å²) in [5.74, 6) is 2.02. The molecule has 0 saturated carbocycles. The van der Waals surface area contributed by atoms with E-state index < -0.39 is 0 Å². The van der Waals surface area contributed by atoms with E-state index in [1.54, 1.807) is 37.0 Å². The molecule has 26 heavy (non-hydrogen) atoms. The smallest absolute Gasteiger partial charge is 0.261 e. The standard InChI is InChI=1S/C20H19N3O3/c1-25-17-5-3-4-12(18(17)26-2)10-13-8-9-23-19(13)22-16-7-6-14(21)11-15(16)20(23)24/h3-7,10-11H,8-9,21H2,1-2H3. The van der Waals surface area contributed by atoms with Crippen molar-refractivity contribution in [3.63, 3.8) is 0 Å². The number of ether oxygens (including phenoxy) is 2. The van der Waals surface area contributed by atoms with Crippen LogP contribution >= 0.6 is 0 Å². The van der Waals surface area contributed by atoms with Crippen LogP contribution in [0, 0.1) is 0 Å². The quantitative estimate of drug-likeness (QED) is 0.736. The van der Waals surface area contributed by atoms with Gasteiger partial charge in [0.15, 0.2) is 11.5 Å². The Hall–Kier alpha value is -3.28. The number of nitrogens with two attached hydrogens (primary N) is 1. The molecule has 0 bridgehead atoms. The number of nitrogens with zero attached hydrogens (tertiary/aromatic N) is 2. The van der Waals surface area contributed by atoms with Crippen molar-refractivity contribution in [3.05, 3.63) is 58.1 Å². The molecule has 1 aromatic heterocycles. The number of benzene rings is 2. The van der Waals surface area contributed by atoms with Gasteiger partial charge in [-0.1, -0.05) is 12.1 Å². The summed E-state index contributed by atoms with van der Waals surface area (Å²) in [4.78, 5) is 17.5. The van der Waals surface area contributed by atoms with Crippen LogP contribution in [-0.2, 0) is 6.54 Å². The van der Waals surface area contributed by atoms with E-state index in [0.717, 1.165) is 17.6 Å². The maximum absolute atomic E-state index is 12.8. The number of methoxy groups -OCH3 is 2. The highest BCUT2D eigenvalue weighted by molar-refractivity contribution is 5.87. The summed E-state index contributed by atoms with van der Waals surface area (Å²) in [5, 5.41) is 0.550. The number of hydrogen-bond acceptors (Lipinski definition) is 5. The topological polar surface area (TPSA) is 79.4 Å². The van der Waals surface area contributed by atoms with Crippen LogP contribution in [0.4, 0.5) is 5.69 Å². The molecular weight excluding hydrogens is 330 g/mol.